The number of fused-ring (bicyclic) bond motifs is 1. The topological polar surface area (TPSA) is 28.7 Å². The molecule has 0 amide bonds. The maximum absolute atomic E-state index is 4.20. The monoisotopic (exact) mass is 336 g/mol. The molecule has 1 heterocycles. The van der Waals surface area contributed by atoms with Crippen LogP contribution in [-0.2, 0) is 0 Å². The highest BCUT2D eigenvalue weighted by Crippen LogP contribution is 2.27. The molecule has 0 atom stereocenters. The zero-order valence-corrected chi connectivity index (χ0v) is 10.1. The Morgan fingerprint density at radius 3 is 2.92 bits per heavy atom. The number of hydrogen-bond acceptors (Lipinski definition) is 1. The Morgan fingerprint density at radius 2 is 2.25 bits per heavy atom. The maximum atomic E-state index is 4.20. The van der Waals surface area contributed by atoms with E-state index in [0.29, 0.717) is 0 Å². The van der Waals surface area contributed by atoms with E-state index in [2.05, 4.69) is 61.7 Å². The lowest BCUT2D eigenvalue weighted by molar-refractivity contribution is 1.09. The average Bonchev–Trinajstić information content (AvgIpc) is 2.42. The summed E-state index contributed by atoms with van der Waals surface area (Å²) in [4.78, 5) is 0. The number of aryl methyl sites for hydroxylation is 1. The number of benzene rings is 1. The predicted octanol–water partition coefficient (Wildman–Crippen LogP) is 3.24. The molecule has 2 aromatic rings. The molecule has 2 nitrogen and oxygen atoms in total. The number of rotatable bonds is 0. The summed E-state index contributed by atoms with van der Waals surface area (Å²) < 4.78 is 2.14. The first-order chi connectivity index (χ1) is 5.70. The molecule has 62 valence electrons. The molecule has 1 aromatic heterocycles. The summed E-state index contributed by atoms with van der Waals surface area (Å²) in [6.07, 6.45) is 0. The Labute approximate surface area is 92.0 Å². The second-order valence-electron chi connectivity index (χ2n) is 2.63. The normalized spacial score (nSPS) is 10.9. The third-order valence-corrected chi connectivity index (χ3v) is 3.24. The van der Waals surface area contributed by atoms with Gasteiger partial charge in [0.1, 0.15) is 9.22 Å². The summed E-state index contributed by atoms with van der Waals surface area (Å²) in [5.74, 6) is 0. The van der Waals surface area contributed by atoms with Crippen LogP contribution in [0.4, 0.5) is 0 Å². The lowest BCUT2D eigenvalue weighted by atomic mass is 10.1. The van der Waals surface area contributed by atoms with Crippen molar-refractivity contribution < 1.29 is 0 Å². The molecule has 0 aliphatic rings. The van der Waals surface area contributed by atoms with E-state index in [4.69, 9.17) is 0 Å². The van der Waals surface area contributed by atoms with Crippen molar-refractivity contribution in [2.75, 3.05) is 0 Å². The highest BCUT2D eigenvalue weighted by atomic mass is 127. The van der Waals surface area contributed by atoms with Crippen LogP contribution in [0.5, 0.6) is 0 Å². The van der Waals surface area contributed by atoms with Crippen molar-refractivity contribution in [3.63, 3.8) is 0 Å². The van der Waals surface area contributed by atoms with Crippen LogP contribution in [0.1, 0.15) is 5.56 Å². The molecule has 0 bridgehead atoms. The fourth-order valence-electron chi connectivity index (χ4n) is 1.21. The molecule has 1 N–H and O–H groups in total. The molecule has 1 aromatic carbocycles. The van der Waals surface area contributed by atoms with Gasteiger partial charge in [0, 0.05) is 9.86 Å². The van der Waals surface area contributed by atoms with E-state index < -0.39 is 0 Å². The Morgan fingerprint density at radius 1 is 1.50 bits per heavy atom. The van der Waals surface area contributed by atoms with Gasteiger partial charge in [0.15, 0.2) is 0 Å². The fourth-order valence-corrected chi connectivity index (χ4v) is 2.43. The summed E-state index contributed by atoms with van der Waals surface area (Å²) in [6, 6.07) is 4.11. The van der Waals surface area contributed by atoms with E-state index in [0.717, 1.165) is 13.7 Å². The van der Waals surface area contributed by atoms with Crippen LogP contribution in [0, 0.1) is 10.6 Å². The maximum Gasteiger partial charge on any atom is 0.108 e. The van der Waals surface area contributed by atoms with Crippen LogP contribution in [0.2, 0.25) is 0 Å². The number of aromatic nitrogens is 2. The van der Waals surface area contributed by atoms with Gasteiger partial charge in [-0.1, -0.05) is 6.07 Å². The zero-order valence-electron chi connectivity index (χ0n) is 6.36. The quantitative estimate of drug-likeness (QED) is 0.735. The van der Waals surface area contributed by atoms with E-state index in [1.807, 2.05) is 6.07 Å². The first-order valence-electron chi connectivity index (χ1n) is 3.49. The molecule has 0 aliphatic carbocycles. The largest absolute Gasteiger partial charge is 0.271 e. The molecule has 0 fully saturated rings. The average molecular weight is 337 g/mol. The number of halogens is 2. The van der Waals surface area contributed by atoms with Gasteiger partial charge in [-0.25, -0.2) is 0 Å². The Kier molecular flexibility index (Phi) is 2.12. The van der Waals surface area contributed by atoms with Gasteiger partial charge in [-0.15, -0.1) is 0 Å². The number of hydrogen-bond donors (Lipinski definition) is 1. The highest BCUT2D eigenvalue weighted by molar-refractivity contribution is 14.1. The third-order valence-electron chi connectivity index (χ3n) is 1.82. The minimum absolute atomic E-state index is 1.01. The van der Waals surface area contributed by atoms with Crippen molar-refractivity contribution in [2.45, 2.75) is 6.92 Å². The number of nitrogens with zero attached hydrogens (tertiary/aromatic N) is 1. The second-order valence-corrected chi connectivity index (χ2v) is 4.56. The molecule has 0 radical (unpaired) electrons. The van der Waals surface area contributed by atoms with Crippen molar-refractivity contribution in [3.05, 3.63) is 25.9 Å². The summed E-state index contributed by atoms with van der Waals surface area (Å²) in [5.41, 5.74) is 2.27. The molecular formula is C8H6BrIN2. The van der Waals surface area contributed by atoms with Crippen molar-refractivity contribution in [2.24, 2.45) is 0 Å². The molecule has 0 unspecified atom stereocenters. The summed E-state index contributed by atoms with van der Waals surface area (Å²) in [5, 5.41) is 8.38. The van der Waals surface area contributed by atoms with Gasteiger partial charge in [0.25, 0.3) is 0 Å². The lowest BCUT2D eigenvalue weighted by Gasteiger charge is -1.96. The first kappa shape index (κ1) is 8.50. The Hall–Kier alpha value is -0.100. The van der Waals surface area contributed by atoms with E-state index in [-0.39, 0.29) is 0 Å². The molecule has 0 aliphatic heterocycles. The molecule has 0 saturated carbocycles. The van der Waals surface area contributed by atoms with Gasteiger partial charge in [-0.2, -0.15) is 5.10 Å². The van der Waals surface area contributed by atoms with Gasteiger partial charge < -0.3 is 0 Å². The van der Waals surface area contributed by atoms with Crippen molar-refractivity contribution in [1.29, 1.82) is 0 Å². The molecule has 2 rings (SSSR count). The van der Waals surface area contributed by atoms with Crippen LogP contribution >= 0.6 is 38.5 Å². The molecule has 4 heteroatoms. The predicted molar refractivity (Wildman–Crippen MR) is 61.2 cm³/mol. The summed E-state index contributed by atoms with van der Waals surface area (Å²) >= 11 is 5.72. The van der Waals surface area contributed by atoms with Gasteiger partial charge in [-0.3, -0.25) is 5.10 Å². The molecule has 12 heavy (non-hydrogen) atoms. The third kappa shape index (κ3) is 1.17. The molecular weight excluding hydrogens is 331 g/mol. The Bertz CT molecular complexity index is 436. The Balaban J connectivity index is 2.98. The van der Waals surface area contributed by atoms with Crippen LogP contribution < -0.4 is 0 Å². The minimum Gasteiger partial charge on any atom is -0.271 e. The van der Waals surface area contributed by atoms with Crippen LogP contribution in [0.3, 0.4) is 0 Å². The van der Waals surface area contributed by atoms with E-state index in [1.165, 1.54) is 10.9 Å². The number of nitrogens with one attached hydrogen (secondary N) is 1. The highest BCUT2D eigenvalue weighted by Gasteiger charge is 2.07. The summed E-state index contributed by atoms with van der Waals surface area (Å²) in [6.45, 7) is 2.09. The van der Waals surface area contributed by atoms with Gasteiger partial charge >= 0.3 is 0 Å². The van der Waals surface area contributed by atoms with Crippen molar-refractivity contribution in [3.8, 4) is 0 Å². The smallest absolute Gasteiger partial charge is 0.108 e. The first-order valence-corrected chi connectivity index (χ1v) is 5.36. The zero-order chi connectivity index (χ0) is 8.72. The van der Waals surface area contributed by atoms with Crippen molar-refractivity contribution >= 4 is 49.4 Å². The second kappa shape index (κ2) is 2.99. The molecule has 0 saturated heterocycles. The van der Waals surface area contributed by atoms with Gasteiger partial charge in [0.2, 0.25) is 0 Å². The number of H-pyrrole nitrogens is 1. The standard InChI is InChI=1S/C8H6BrIN2/c1-4-2-3-5(9)7-6(4)8(10)12-11-7/h2-3H,1H3,(H,11,12). The molecule has 0 spiro atoms. The van der Waals surface area contributed by atoms with Crippen LogP contribution in [0.25, 0.3) is 10.9 Å². The fraction of sp³-hybridized carbons (Fsp3) is 0.125. The van der Waals surface area contributed by atoms with Crippen LogP contribution in [-0.4, -0.2) is 10.2 Å². The minimum atomic E-state index is 1.01. The van der Waals surface area contributed by atoms with Gasteiger partial charge in [0.05, 0.1) is 0 Å². The van der Waals surface area contributed by atoms with Crippen molar-refractivity contribution in [1.82, 2.24) is 10.2 Å². The van der Waals surface area contributed by atoms with E-state index >= 15 is 0 Å². The van der Waals surface area contributed by atoms with Crippen LogP contribution in [0.15, 0.2) is 16.6 Å². The summed E-state index contributed by atoms with van der Waals surface area (Å²) in [7, 11) is 0. The van der Waals surface area contributed by atoms with Gasteiger partial charge in [-0.05, 0) is 57.1 Å². The van der Waals surface area contributed by atoms with E-state index in [9.17, 15) is 0 Å². The SMILES string of the molecule is Cc1ccc(Br)c2n[nH]c(I)c12. The lowest BCUT2D eigenvalue weighted by Crippen LogP contribution is -1.77. The van der Waals surface area contributed by atoms with E-state index in [1.54, 1.807) is 0 Å². The number of aromatic amines is 1.